The number of carbonyl (C=O) groups is 1. The Balaban J connectivity index is 1.46. The first kappa shape index (κ1) is 19.1. The predicted octanol–water partition coefficient (Wildman–Crippen LogP) is 5.18. The number of nitrogens with one attached hydrogen (secondary N) is 1. The highest BCUT2D eigenvalue weighted by Crippen LogP contribution is 2.30. The fourth-order valence-corrected chi connectivity index (χ4v) is 3.60. The van der Waals surface area contributed by atoms with Crippen molar-refractivity contribution in [1.82, 2.24) is 15.2 Å². The Labute approximate surface area is 168 Å². The molecule has 29 heavy (non-hydrogen) atoms. The van der Waals surface area contributed by atoms with E-state index in [-0.39, 0.29) is 22.6 Å². The summed E-state index contributed by atoms with van der Waals surface area (Å²) in [6.45, 7) is -1.11. The average Bonchev–Trinajstić information content (AvgIpc) is 3.34. The van der Waals surface area contributed by atoms with E-state index in [0.717, 1.165) is 22.7 Å². The van der Waals surface area contributed by atoms with Crippen molar-refractivity contribution >= 4 is 28.4 Å². The van der Waals surface area contributed by atoms with Crippen molar-refractivity contribution in [2.45, 2.75) is 24.0 Å². The maximum Gasteiger partial charge on any atom is 0.387 e. The third kappa shape index (κ3) is 4.14. The van der Waals surface area contributed by atoms with Crippen molar-refractivity contribution in [2.75, 3.05) is 0 Å². The summed E-state index contributed by atoms with van der Waals surface area (Å²) in [5, 5.41) is 8.59. The smallest absolute Gasteiger partial charge is 0.387 e. The second kappa shape index (κ2) is 8.04. The maximum atomic E-state index is 12.8. The number of ether oxygens (including phenoxy) is 1. The quantitative estimate of drug-likeness (QED) is 0.331. The van der Waals surface area contributed by atoms with Crippen LogP contribution in [-0.4, -0.2) is 32.8 Å². The molecule has 0 bridgehead atoms. The van der Waals surface area contributed by atoms with Crippen LogP contribution in [-0.2, 0) is 0 Å². The highest BCUT2D eigenvalue weighted by molar-refractivity contribution is 8.00. The third-order valence-corrected chi connectivity index (χ3v) is 5.17. The molecular formula is C20H15F2N3O3S. The lowest BCUT2D eigenvalue weighted by atomic mass is 10.1. The minimum Gasteiger partial charge on any atom is -0.435 e. The molecule has 0 amide bonds. The highest BCUT2D eigenvalue weighted by Gasteiger charge is 2.22. The summed E-state index contributed by atoms with van der Waals surface area (Å²) >= 11 is 1.16. The van der Waals surface area contributed by atoms with Crippen molar-refractivity contribution < 1.29 is 22.7 Å². The molecule has 2 heterocycles. The van der Waals surface area contributed by atoms with Crippen LogP contribution in [0.1, 0.15) is 17.3 Å². The standard InChI is InChI=1S/C20H15F2N3O3S/c1-11(17(26)15-10-23-16-5-3-2-4-14(15)16)29-20-25-24-18(28-20)12-6-8-13(9-7-12)27-19(21)22/h2-11,19,23H,1H3. The second-order valence-electron chi connectivity index (χ2n) is 6.15. The largest absolute Gasteiger partial charge is 0.435 e. The Morgan fingerprint density at radius 2 is 1.90 bits per heavy atom. The number of carbonyl (C=O) groups excluding carboxylic acids is 1. The van der Waals surface area contributed by atoms with Crippen molar-refractivity contribution in [3.63, 3.8) is 0 Å². The summed E-state index contributed by atoms with van der Waals surface area (Å²) in [6, 6.07) is 13.4. The molecule has 0 radical (unpaired) electrons. The molecule has 148 valence electrons. The molecule has 1 N–H and O–H groups in total. The first-order valence-corrected chi connectivity index (χ1v) is 9.55. The fraction of sp³-hybridized carbons (Fsp3) is 0.150. The number of Topliss-reactive ketones (excluding diaryl/α,β-unsaturated/α-hetero) is 1. The highest BCUT2D eigenvalue weighted by atomic mass is 32.2. The van der Waals surface area contributed by atoms with Crippen molar-refractivity contribution in [3.8, 4) is 17.2 Å². The van der Waals surface area contributed by atoms with Crippen molar-refractivity contribution in [1.29, 1.82) is 0 Å². The molecule has 6 nitrogen and oxygen atoms in total. The van der Waals surface area contributed by atoms with Crippen LogP contribution >= 0.6 is 11.8 Å². The molecule has 9 heteroatoms. The number of benzene rings is 2. The second-order valence-corrected chi connectivity index (χ2v) is 7.44. The average molecular weight is 415 g/mol. The van der Waals surface area contributed by atoms with Gasteiger partial charge in [0.05, 0.1) is 5.25 Å². The van der Waals surface area contributed by atoms with Crippen molar-refractivity contribution in [2.24, 2.45) is 0 Å². The van der Waals surface area contributed by atoms with E-state index >= 15 is 0 Å². The number of halogens is 2. The zero-order chi connectivity index (χ0) is 20.4. The van der Waals surface area contributed by atoms with Gasteiger partial charge in [0.1, 0.15) is 5.75 Å². The van der Waals surface area contributed by atoms with E-state index < -0.39 is 11.9 Å². The number of H-pyrrole nitrogens is 1. The first-order valence-electron chi connectivity index (χ1n) is 8.67. The summed E-state index contributed by atoms with van der Waals surface area (Å²) in [4.78, 5) is 15.9. The molecule has 1 unspecified atom stereocenters. The molecule has 0 saturated carbocycles. The minimum atomic E-state index is -2.89. The van der Waals surface area contributed by atoms with E-state index in [1.54, 1.807) is 25.3 Å². The van der Waals surface area contributed by atoms with Crippen LogP contribution in [0, 0.1) is 0 Å². The summed E-state index contributed by atoms with van der Waals surface area (Å²) in [5.74, 6) is 0.208. The number of aromatic amines is 1. The predicted molar refractivity (Wildman–Crippen MR) is 104 cm³/mol. The monoisotopic (exact) mass is 415 g/mol. The summed E-state index contributed by atoms with van der Waals surface area (Å²) < 4.78 is 34.4. The number of ketones is 1. The normalized spacial score (nSPS) is 12.4. The summed E-state index contributed by atoms with van der Waals surface area (Å²) in [7, 11) is 0. The van der Waals surface area contributed by atoms with E-state index in [1.165, 1.54) is 12.1 Å². The number of alkyl halides is 2. The van der Waals surface area contributed by atoms with Gasteiger partial charge in [0.15, 0.2) is 5.78 Å². The third-order valence-electron chi connectivity index (χ3n) is 4.23. The number of hydrogen-bond donors (Lipinski definition) is 1. The van der Waals surface area contributed by atoms with Gasteiger partial charge >= 0.3 is 6.61 Å². The van der Waals surface area contributed by atoms with E-state index in [1.807, 2.05) is 24.3 Å². The van der Waals surface area contributed by atoms with Crippen LogP contribution in [0.3, 0.4) is 0 Å². The number of para-hydroxylation sites is 1. The molecule has 4 rings (SSSR count). The molecule has 4 aromatic rings. The van der Waals surface area contributed by atoms with Gasteiger partial charge in [-0.15, -0.1) is 10.2 Å². The van der Waals surface area contributed by atoms with E-state index in [2.05, 4.69) is 19.9 Å². The zero-order valence-electron chi connectivity index (χ0n) is 15.1. The maximum absolute atomic E-state index is 12.8. The van der Waals surface area contributed by atoms with Gasteiger partial charge in [-0.1, -0.05) is 30.0 Å². The number of thioether (sulfide) groups is 1. The van der Waals surface area contributed by atoms with Crippen LogP contribution in [0.25, 0.3) is 22.4 Å². The van der Waals surface area contributed by atoms with Gasteiger partial charge in [0.2, 0.25) is 5.89 Å². The molecule has 0 aliphatic heterocycles. The first-order chi connectivity index (χ1) is 14.0. The van der Waals surface area contributed by atoms with E-state index in [9.17, 15) is 13.6 Å². The molecular weight excluding hydrogens is 400 g/mol. The Morgan fingerprint density at radius 3 is 2.66 bits per heavy atom. The Bertz CT molecular complexity index is 1140. The lowest BCUT2D eigenvalue weighted by Crippen LogP contribution is -2.13. The van der Waals surface area contributed by atoms with Gasteiger partial charge in [-0.2, -0.15) is 8.78 Å². The number of aromatic nitrogens is 3. The number of rotatable bonds is 7. The van der Waals surface area contributed by atoms with Crippen LogP contribution in [0.5, 0.6) is 5.75 Å². The van der Waals surface area contributed by atoms with E-state index in [0.29, 0.717) is 11.1 Å². The SMILES string of the molecule is CC(Sc1nnc(-c2ccc(OC(F)F)cc2)o1)C(=O)c1c[nH]c2ccccc12. The molecule has 0 saturated heterocycles. The molecule has 0 fully saturated rings. The van der Waals surface area contributed by atoms with Gasteiger partial charge in [-0.05, 0) is 37.3 Å². The molecule has 0 aliphatic rings. The molecule has 2 aromatic heterocycles. The topological polar surface area (TPSA) is 81.0 Å². The molecule has 0 spiro atoms. The molecule has 0 aliphatic carbocycles. The molecule has 1 atom stereocenters. The van der Waals surface area contributed by atoms with E-state index in [4.69, 9.17) is 4.42 Å². The van der Waals surface area contributed by atoms with Gasteiger partial charge in [0.25, 0.3) is 5.22 Å². The molecule has 2 aromatic carbocycles. The van der Waals surface area contributed by atoms with Gasteiger partial charge in [-0.3, -0.25) is 4.79 Å². The Hall–Kier alpha value is -3.20. The van der Waals surface area contributed by atoms with Crippen LogP contribution < -0.4 is 4.74 Å². The van der Waals surface area contributed by atoms with Crippen LogP contribution in [0.2, 0.25) is 0 Å². The van der Waals surface area contributed by atoms with Gasteiger partial charge in [-0.25, -0.2) is 0 Å². The number of nitrogens with zero attached hydrogens (tertiary/aromatic N) is 2. The zero-order valence-corrected chi connectivity index (χ0v) is 16.0. The van der Waals surface area contributed by atoms with Gasteiger partial charge < -0.3 is 14.1 Å². The number of hydrogen-bond acceptors (Lipinski definition) is 6. The fourth-order valence-electron chi connectivity index (χ4n) is 2.85. The van der Waals surface area contributed by atoms with Crippen molar-refractivity contribution in [3.05, 3.63) is 60.3 Å². The Kier molecular flexibility index (Phi) is 5.30. The lowest BCUT2D eigenvalue weighted by Gasteiger charge is -2.06. The summed E-state index contributed by atoms with van der Waals surface area (Å²) in [6.07, 6.45) is 1.70. The number of fused-ring (bicyclic) bond motifs is 1. The minimum absolute atomic E-state index is 0.0378. The van der Waals surface area contributed by atoms with Crippen LogP contribution in [0.15, 0.2) is 64.4 Å². The van der Waals surface area contributed by atoms with Gasteiger partial charge in [0, 0.05) is 28.2 Å². The Morgan fingerprint density at radius 1 is 1.14 bits per heavy atom. The lowest BCUT2D eigenvalue weighted by molar-refractivity contribution is -0.0498. The summed E-state index contributed by atoms with van der Waals surface area (Å²) in [5.41, 5.74) is 2.06. The van der Waals surface area contributed by atoms with Crippen LogP contribution in [0.4, 0.5) is 8.78 Å².